The highest BCUT2D eigenvalue weighted by molar-refractivity contribution is 5.74. The Hall–Kier alpha value is -2.29. The average Bonchev–Trinajstić information content (AvgIpc) is 2.54. The molecule has 0 aliphatic rings. The summed E-state index contributed by atoms with van der Waals surface area (Å²) < 4.78 is 10.6. The molecule has 2 rings (SSSR count). The Morgan fingerprint density at radius 2 is 1.62 bits per heavy atom. The van der Waals surface area contributed by atoms with Crippen LogP contribution in [0.15, 0.2) is 54.6 Å². The van der Waals surface area contributed by atoms with Crippen molar-refractivity contribution in [2.75, 3.05) is 6.61 Å². The molecule has 0 heterocycles. The molecule has 0 N–H and O–H groups in total. The molecule has 0 aliphatic carbocycles. The fourth-order valence-electron chi connectivity index (χ4n) is 1.93. The van der Waals surface area contributed by atoms with Crippen molar-refractivity contribution in [2.45, 2.75) is 26.4 Å². The first-order valence-corrected chi connectivity index (χ1v) is 7.19. The number of esters is 1. The molecular formula is C18H20O3. The minimum Gasteiger partial charge on any atom is -0.479 e. The van der Waals surface area contributed by atoms with E-state index in [-0.39, 0.29) is 5.97 Å². The van der Waals surface area contributed by atoms with Crippen LogP contribution in [0.3, 0.4) is 0 Å². The summed E-state index contributed by atoms with van der Waals surface area (Å²) >= 11 is 0. The largest absolute Gasteiger partial charge is 0.479 e. The third-order valence-corrected chi connectivity index (χ3v) is 3.05. The SMILES string of the molecule is CCCOC(=O)[C@H](C)Oc1ccc(-c2ccccc2)cc1. The van der Waals surface area contributed by atoms with Gasteiger partial charge in [-0.15, -0.1) is 0 Å². The highest BCUT2D eigenvalue weighted by Crippen LogP contribution is 2.22. The van der Waals surface area contributed by atoms with E-state index in [1.807, 2.05) is 49.4 Å². The van der Waals surface area contributed by atoms with Crippen LogP contribution in [0.1, 0.15) is 20.3 Å². The zero-order chi connectivity index (χ0) is 15.1. The molecule has 110 valence electrons. The normalized spacial score (nSPS) is 11.7. The summed E-state index contributed by atoms with van der Waals surface area (Å²) in [5.41, 5.74) is 2.27. The molecule has 1 atom stereocenters. The zero-order valence-electron chi connectivity index (χ0n) is 12.4. The van der Waals surface area contributed by atoms with Gasteiger partial charge >= 0.3 is 5.97 Å². The van der Waals surface area contributed by atoms with Gasteiger partial charge in [0, 0.05) is 0 Å². The summed E-state index contributed by atoms with van der Waals surface area (Å²) in [5.74, 6) is 0.333. The van der Waals surface area contributed by atoms with Gasteiger partial charge in [-0.25, -0.2) is 4.79 Å². The van der Waals surface area contributed by atoms with Crippen molar-refractivity contribution in [2.24, 2.45) is 0 Å². The molecule has 0 aliphatic heterocycles. The van der Waals surface area contributed by atoms with E-state index in [2.05, 4.69) is 12.1 Å². The lowest BCUT2D eigenvalue weighted by atomic mass is 10.1. The van der Waals surface area contributed by atoms with E-state index in [0.717, 1.165) is 17.5 Å². The topological polar surface area (TPSA) is 35.5 Å². The van der Waals surface area contributed by atoms with Crippen molar-refractivity contribution in [3.05, 3.63) is 54.6 Å². The summed E-state index contributed by atoms with van der Waals surface area (Å²) in [5, 5.41) is 0. The predicted molar refractivity (Wildman–Crippen MR) is 83.2 cm³/mol. The molecule has 0 amide bonds. The second kappa shape index (κ2) is 7.48. The number of benzene rings is 2. The maximum Gasteiger partial charge on any atom is 0.347 e. The number of hydrogen-bond acceptors (Lipinski definition) is 3. The van der Waals surface area contributed by atoms with Crippen LogP contribution in [0.25, 0.3) is 11.1 Å². The minimum atomic E-state index is -0.598. The van der Waals surface area contributed by atoms with Crippen LogP contribution in [0, 0.1) is 0 Å². The monoisotopic (exact) mass is 284 g/mol. The molecule has 2 aromatic rings. The third kappa shape index (κ3) is 4.35. The van der Waals surface area contributed by atoms with Gasteiger partial charge in [0.2, 0.25) is 0 Å². The first-order valence-electron chi connectivity index (χ1n) is 7.19. The van der Waals surface area contributed by atoms with Crippen molar-refractivity contribution < 1.29 is 14.3 Å². The molecule has 2 aromatic carbocycles. The van der Waals surface area contributed by atoms with Crippen molar-refractivity contribution in [3.63, 3.8) is 0 Å². The number of carbonyl (C=O) groups is 1. The molecule has 3 nitrogen and oxygen atoms in total. The van der Waals surface area contributed by atoms with Crippen LogP contribution >= 0.6 is 0 Å². The average molecular weight is 284 g/mol. The molecule has 0 spiro atoms. The van der Waals surface area contributed by atoms with Crippen LogP contribution in [0.5, 0.6) is 5.75 Å². The van der Waals surface area contributed by atoms with Crippen molar-refractivity contribution in [1.82, 2.24) is 0 Å². The number of hydrogen-bond donors (Lipinski definition) is 0. The maximum absolute atomic E-state index is 11.6. The van der Waals surface area contributed by atoms with Gasteiger partial charge in [0.05, 0.1) is 6.61 Å². The van der Waals surface area contributed by atoms with E-state index in [0.29, 0.717) is 12.4 Å². The second-order valence-corrected chi connectivity index (χ2v) is 4.82. The van der Waals surface area contributed by atoms with Gasteiger partial charge in [-0.3, -0.25) is 0 Å². The fraction of sp³-hybridized carbons (Fsp3) is 0.278. The van der Waals surface area contributed by atoms with E-state index in [1.54, 1.807) is 6.92 Å². The van der Waals surface area contributed by atoms with Gasteiger partial charge in [-0.2, -0.15) is 0 Å². The van der Waals surface area contributed by atoms with Crippen LogP contribution in [0.2, 0.25) is 0 Å². The van der Waals surface area contributed by atoms with Crippen molar-refractivity contribution in [1.29, 1.82) is 0 Å². The molecule has 0 bridgehead atoms. The summed E-state index contributed by atoms with van der Waals surface area (Å²) in [6, 6.07) is 17.8. The number of ether oxygens (including phenoxy) is 2. The Morgan fingerprint density at radius 3 is 2.24 bits per heavy atom. The van der Waals surface area contributed by atoms with Gasteiger partial charge in [0.25, 0.3) is 0 Å². The molecule has 0 aromatic heterocycles. The summed E-state index contributed by atoms with van der Waals surface area (Å²) in [4.78, 5) is 11.6. The Kier molecular flexibility index (Phi) is 5.38. The lowest BCUT2D eigenvalue weighted by molar-refractivity contribution is -0.151. The van der Waals surface area contributed by atoms with E-state index >= 15 is 0 Å². The summed E-state index contributed by atoms with van der Waals surface area (Å²) in [6.45, 7) is 4.09. The predicted octanol–water partition coefficient (Wildman–Crippen LogP) is 4.07. The fourth-order valence-corrected chi connectivity index (χ4v) is 1.93. The van der Waals surface area contributed by atoms with Crippen molar-refractivity contribution in [3.8, 4) is 16.9 Å². The quantitative estimate of drug-likeness (QED) is 0.750. The van der Waals surface area contributed by atoms with Gasteiger partial charge in [0.15, 0.2) is 6.10 Å². The Balaban J connectivity index is 1.98. The second-order valence-electron chi connectivity index (χ2n) is 4.82. The maximum atomic E-state index is 11.6. The Labute approximate surface area is 125 Å². The molecule has 0 fully saturated rings. The first-order chi connectivity index (χ1) is 10.2. The van der Waals surface area contributed by atoms with E-state index in [1.165, 1.54) is 0 Å². The summed E-state index contributed by atoms with van der Waals surface area (Å²) in [7, 11) is 0. The first kappa shape index (κ1) is 15.1. The van der Waals surface area contributed by atoms with Gasteiger partial charge in [0.1, 0.15) is 5.75 Å². The highest BCUT2D eigenvalue weighted by Gasteiger charge is 2.15. The van der Waals surface area contributed by atoms with Crippen LogP contribution in [0.4, 0.5) is 0 Å². The standard InChI is InChI=1S/C18H20O3/c1-3-13-20-18(19)14(2)21-17-11-9-16(10-12-17)15-7-5-4-6-8-15/h4-12,14H,3,13H2,1-2H3/t14-/m0/s1. The smallest absolute Gasteiger partial charge is 0.347 e. The van der Waals surface area contributed by atoms with E-state index in [9.17, 15) is 4.79 Å². The summed E-state index contributed by atoms with van der Waals surface area (Å²) in [6.07, 6.45) is 0.212. The molecule has 0 unspecified atom stereocenters. The number of carbonyl (C=O) groups excluding carboxylic acids is 1. The van der Waals surface area contributed by atoms with E-state index < -0.39 is 6.10 Å². The Morgan fingerprint density at radius 1 is 1.00 bits per heavy atom. The van der Waals surface area contributed by atoms with Gasteiger partial charge in [-0.05, 0) is 36.6 Å². The lowest BCUT2D eigenvalue weighted by Crippen LogP contribution is -2.26. The van der Waals surface area contributed by atoms with Crippen LogP contribution in [-0.2, 0) is 9.53 Å². The lowest BCUT2D eigenvalue weighted by Gasteiger charge is -2.14. The molecule has 21 heavy (non-hydrogen) atoms. The van der Waals surface area contributed by atoms with E-state index in [4.69, 9.17) is 9.47 Å². The molecule has 0 saturated carbocycles. The van der Waals surface area contributed by atoms with Gasteiger partial charge < -0.3 is 9.47 Å². The molecule has 0 radical (unpaired) electrons. The minimum absolute atomic E-state index is 0.330. The zero-order valence-corrected chi connectivity index (χ0v) is 12.4. The molecule has 3 heteroatoms. The Bertz CT molecular complexity index is 561. The van der Waals surface area contributed by atoms with Gasteiger partial charge in [-0.1, -0.05) is 49.4 Å². The highest BCUT2D eigenvalue weighted by atomic mass is 16.6. The van der Waals surface area contributed by atoms with Crippen LogP contribution < -0.4 is 4.74 Å². The number of rotatable bonds is 6. The van der Waals surface area contributed by atoms with Crippen molar-refractivity contribution >= 4 is 5.97 Å². The molecular weight excluding hydrogens is 264 g/mol. The third-order valence-electron chi connectivity index (χ3n) is 3.05. The molecule has 0 saturated heterocycles. The van der Waals surface area contributed by atoms with Crippen LogP contribution in [-0.4, -0.2) is 18.7 Å².